The summed E-state index contributed by atoms with van der Waals surface area (Å²) < 4.78 is 0. The van der Waals surface area contributed by atoms with Crippen molar-refractivity contribution in [3.8, 4) is 6.07 Å². The van der Waals surface area contributed by atoms with Crippen molar-refractivity contribution < 1.29 is 5.11 Å². The maximum Gasteiger partial charge on any atom is 0.131 e. The lowest BCUT2D eigenvalue weighted by atomic mass is 9.86. The maximum absolute atomic E-state index is 11.1. The van der Waals surface area contributed by atoms with Crippen LogP contribution in [0.1, 0.15) is 23.5 Å². The predicted octanol–water partition coefficient (Wildman–Crippen LogP) is 3.45. The molecule has 22 heavy (non-hydrogen) atoms. The minimum absolute atomic E-state index is 0.202. The van der Waals surface area contributed by atoms with E-state index >= 15 is 0 Å². The number of nitriles is 1. The van der Waals surface area contributed by atoms with Gasteiger partial charge in [0.2, 0.25) is 0 Å². The van der Waals surface area contributed by atoms with Gasteiger partial charge in [0, 0.05) is 10.9 Å². The highest BCUT2D eigenvalue weighted by atomic mass is 35.5. The van der Waals surface area contributed by atoms with Crippen LogP contribution in [-0.2, 0) is 5.60 Å². The van der Waals surface area contributed by atoms with E-state index in [1.165, 1.54) is 0 Å². The predicted molar refractivity (Wildman–Crippen MR) is 86.0 cm³/mol. The number of hydrogen-bond donors (Lipinski definition) is 2. The lowest BCUT2D eigenvalue weighted by molar-refractivity contribution is 0.0724. The zero-order valence-electron chi connectivity index (χ0n) is 11.8. The van der Waals surface area contributed by atoms with Crippen LogP contribution >= 0.6 is 11.6 Å². The molecule has 0 spiro atoms. The van der Waals surface area contributed by atoms with Gasteiger partial charge in [-0.25, -0.2) is 0 Å². The third-order valence-electron chi connectivity index (χ3n) is 4.23. The van der Waals surface area contributed by atoms with Gasteiger partial charge < -0.3 is 10.8 Å². The second-order valence-corrected chi connectivity index (χ2v) is 5.91. The van der Waals surface area contributed by atoms with Gasteiger partial charge in [0.15, 0.2) is 0 Å². The van der Waals surface area contributed by atoms with Crippen molar-refractivity contribution >= 4 is 11.6 Å². The lowest BCUT2D eigenvalue weighted by Crippen LogP contribution is -2.30. The molecule has 0 bridgehead atoms. The Labute approximate surface area is 134 Å². The standard InChI is InChI=1S/C18H15ClN2O/c19-14-8-6-13(7-9-14)18(22)10-15(16(11-20)17(18)21)12-4-2-1-3-5-12/h1-9,15,22H,10,21H2/t15-,18+/m1/s1. The number of nitrogens with two attached hydrogens (primary N) is 1. The van der Waals surface area contributed by atoms with Gasteiger partial charge in [-0.15, -0.1) is 0 Å². The van der Waals surface area contributed by atoms with E-state index in [-0.39, 0.29) is 11.6 Å². The number of rotatable bonds is 2. The first kappa shape index (κ1) is 14.6. The molecule has 0 heterocycles. The first-order chi connectivity index (χ1) is 10.6. The smallest absolute Gasteiger partial charge is 0.131 e. The number of aliphatic hydroxyl groups is 1. The van der Waals surface area contributed by atoms with Gasteiger partial charge in [0.05, 0.1) is 17.3 Å². The monoisotopic (exact) mass is 310 g/mol. The number of benzene rings is 2. The Hall–Kier alpha value is -2.28. The van der Waals surface area contributed by atoms with Gasteiger partial charge in [-0.2, -0.15) is 5.26 Å². The molecule has 3 N–H and O–H groups in total. The topological polar surface area (TPSA) is 70.0 Å². The highest BCUT2D eigenvalue weighted by molar-refractivity contribution is 6.30. The van der Waals surface area contributed by atoms with Crippen molar-refractivity contribution in [2.75, 3.05) is 0 Å². The molecule has 0 aliphatic heterocycles. The molecule has 0 unspecified atom stereocenters. The quantitative estimate of drug-likeness (QED) is 0.892. The fourth-order valence-corrected chi connectivity index (χ4v) is 3.15. The highest BCUT2D eigenvalue weighted by Crippen LogP contribution is 2.48. The van der Waals surface area contributed by atoms with Crippen molar-refractivity contribution in [1.82, 2.24) is 0 Å². The zero-order chi connectivity index (χ0) is 15.7. The van der Waals surface area contributed by atoms with Crippen LogP contribution in [0.2, 0.25) is 5.02 Å². The largest absolute Gasteiger partial charge is 0.399 e. The Balaban J connectivity index is 2.07. The fourth-order valence-electron chi connectivity index (χ4n) is 3.02. The van der Waals surface area contributed by atoms with E-state index in [4.69, 9.17) is 17.3 Å². The number of hydrogen-bond acceptors (Lipinski definition) is 3. The molecule has 3 nitrogen and oxygen atoms in total. The number of allylic oxidation sites excluding steroid dienone is 1. The molecule has 2 aromatic rings. The molecule has 4 heteroatoms. The van der Waals surface area contributed by atoms with Gasteiger partial charge in [0.25, 0.3) is 0 Å². The van der Waals surface area contributed by atoms with Crippen molar-refractivity contribution in [2.45, 2.75) is 17.9 Å². The lowest BCUT2D eigenvalue weighted by Gasteiger charge is -2.25. The molecule has 110 valence electrons. The average molecular weight is 311 g/mol. The van der Waals surface area contributed by atoms with Gasteiger partial charge in [-0.1, -0.05) is 54.1 Å². The maximum atomic E-state index is 11.1. The normalized spacial score (nSPS) is 24.3. The van der Waals surface area contributed by atoms with Crippen molar-refractivity contribution in [1.29, 1.82) is 5.26 Å². The first-order valence-corrected chi connectivity index (χ1v) is 7.37. The van der Waals surface area contributed by atoms with Crippen LogP contribution in [0.5, 0.6) is 0 Å². The van der Waals surface area contributed by atoms with E-state index in [0.717, 1.165) is 5.56 Å². The van der Waals surface area contributed by atoms with Gasteiger partial charge in [-0.3, -0.25) is 0 Å². The highest BCUT2D eigenvalue weighted by Gasteiger charge is 2.45. The third kappa shape index (κ3) is 2.27. The summed E-state index contributed by atoms with van der Waals surface area (Å²) in [5.41, 5.74) is 7.10. The molecular weight excluding hydrogens is 296 g/mol. The van der Waals surface area contributed by atoms with E-state index < -0.39 is 5.60 Å². The molecule has 0 saturated carbocycles. The van der Waals surface area contributed by atoms with Crippen molar-refractivity contribution in [3.05, 3.63) is 82.0 Å². The first-order valence-electron chi connectivity index (χ1n) is 7.00. The summed E-state index contributed by atoms with van der Waals surface area (Å²) >= 11 is 5.90. The fraction of sp³-hybridized carbons (Fsp3) is 0.167. The van der Waals surface area contributed by atoms with Crippen LogP contribution < -0.4 is 5.73 Å². The summed E-state index contributed by atoms with van der Waals surface area (Å²) in [6.07, 6.45) is 0.355. The Kier molecular flexibility index (Phi) is 3.66. The molecule has 0 radical (unpaired) electrons. The molecule has 2 atom stereocenters. The second kappa shape index (κ2) is 5.49. The molecule has 1 aliphatic carbocycles. The Morgan fingerprint density at radius 1 is 1.14 bits per heavy atom. The van der Waals surface area contributed by atoms with Crippen LogP contribution in [0.3, 0.4) is 0 Å². The minimum Gasteiger partial charge on any atom is -0.399 e. The number of nitrogens with zero attached hydrogens (tertiary/aromatic N) is 1. The summed E-state index contributed by atoms with van der Waals surface area (Å²) in [5.74, 6) is -0.202. The van der Waals surface area contributed by atoms with Crippen LogP contribution in [-0.4, -0.2) is 5.11 Å². The molecule has 0 amide bonds. The van der Waals surface area contributed by atoms with Gasteiger partial charge >= 0.3 is 0 Å². The Morgan fingerprint density at radius 2 is 1.77 bits per heavy atom. The summed E-state index contributed by atoms with van der Waals surface area (Å²) in [5, 5.41) is 21.1. The van der Waals surface area contributed by atoms with Crippen molar-refractivity contribution in [3.63, 3.8) is 0 Å². The van der Waals surface area contributed by atoms with Crippen LogP contribution in [0.15, 0.2) is 65.9 Å². The van der Waals surface area contributed by atoms with Gasteiger partial charge in [0.1, 0.15) is 5.60 Å². The third-order valence-corrected chi connectivity index (χ3v) is 4.48. The molecule has 0 fully saturated rings. The number of halogens is 1. The SMILES string of the molecule is N#CC1=C(N)[C@@](O)(c2ccc(Cl)cc2)C[C@@H]1c1ccccc1. The van der Waals surface area contributed by atoms with Crippen LogP contribution in [0, 0.1) is 11.3 Å². The summed E-state index contributed by atoms with van der Waals surface area (Å²) in [6, 6.07) is 18.7. The Bertz CT molecular complexity index is 762. The molecule has 0 saturated heterocycles. The summed E-state index contributed by atoms with van der Waals surface area (Å²) in [4.78, 5) is 0. The molecule has 0 aromatic heterocycles. The minimum atomic E-state index is -1.34. The summed E-state index contributed by atoms with van der Waals surface area (Å²) in [7, 11) is 0. The molecule has 3 rings (SSSR count). The molecule has 1 aliphatic rings. The van der Waals surface area contributed by atoms with Crippen LogP contribution in [0.25, 0.3) is 0 Å². The molecule has 2 aromatic carbocycles. The van der Waals surface area contributed by atoms with E-state index in [9.17, 15) is 10.4 Å². The summed E-state index contributed by atoms with van der Waals surface area (Å²) in [6.45, 7) is 0. The average Bonchev–Trinajstić information content (AvgIpc) is 2.81. The van der Waals surface area contributed by atoms with Crippen molar-refractivity contribution in [2.24, 2.45) is 5.73 Å². The van der Waals surface area contributed by atoms with E-state index in [1.807, 2.05) is 30.3 Å². The second-order valence-electron chi connectivity index (χ2n) is 5.47. The zero-order valence-corrected chi connectivity index (χ0v) is 12.6. The van der Waals surface area contributed by atoms with Gasteiger partial charge in [-0.05, 0) is 29.7 Å². The van der Waals surface area contributed by atoms with E-state index in [1.54, 1.807) is 24.3 Å². The van der Waals surface area contributed by atoms with Crippen LogP contribution in [0.4, 0.5) is 0 Å². The van der Waals surface area contributed by atoms with E-state index in [2.05, 4.69) is 6.07 Å². The molecular formula is C18H15ClN2O. The Morgan fingerprint density at radius 3 is 2.36 bits per heavy atom. The van der Waals surface area contributed by atoms with E-state index in [0.29, 0.717) is 22.6 Å².